The van der Waals surface area contributed by atoms with E-state index in [1.165, 1.54) is 4.74 Å². The molecule has 0 saturated heterocycles. The van der Waals surface area contributed by atoms with E-state index >= 15 is 0 Å². The van der Waals surface area contributed by atoms with Crippen LogP contribution < -0.4 is 9.47 Å². The number of hydroxylamine groups is 1. The summed E-state index contributed by atoms with van der Waals surface area (Å²) in [5.74, 6) is 1.18. The first kappa shape index (κ1) is 19.4. The molecule has 0 amide bonds. The molecule has 0 aromatic heterocycles. The summed E-state index contributed by atoms with van der Waals surface area (Å²) in [5.41, 5.74) is 2.79. The standard InChI is InChI=1S/C19H22Cl2NO3/c1-5-9-22(23)19(18-14(20)7-6-8-15(18)21)13-11-17(25-4)16(24-3)10-12(13)2/h6-8,10-11,23H,5,9H2,1-4H3/q+1. The Balaban J connectivity index is 2.81. The number of nitrogens with zero attached hydrogens (tertiary/aromatic N) is 1. The molecule has 0 saturated carbocycles. The van der Waals surface area contributed by atoms with E-state index in [2.05, 4.69) is 0 Å². The zero-order valence-electron chi connectivity index (χ0n) is 14.8. The monoisotopic (exact) mass is 382 g/mol. The van der Waals surface area contributed by atoms with Crippen LogP contribution >= 0.6 is 23.2 Å². The average Bonchev–Trinajstić information content (AvgIpc) is 2.58. The molecule has 2 aromatic rings. The number of methoxy groups -OCH3 is 2. The molecular formula is C19H22Cl2NO3+. The number of rotatable bonds is 6. The average molecular weight is 383 g/mol. The molecule has 0 unspecified atom stereocenters. The van der Waals surface area contributed by atoms with Crippen LogP contribution in [0.2, 0.25) is 10.0 Å². The van der Waals surface area contributed by atoms with Gasteiger partial charge in [0.15, 0.2) is 18.0 Å². The number of hydrogen-bond acceptors (Lipinski definition) is 3. The van der Waals surface area contributed by atoms with Gasteiger partial charge in [0.05, 0.1) is 35.4 Å². The Hall–Kier alpha value is -1.91. The van der Waals surface area contributed by atoms with Gasteiger partial charge in [0.1, 0.15) is 0 Å². The van der Waals surface area contributed by atoms with E-state index in [4.69, 9.17) is 32.7 Å². The molecule has 4 nitrogen and oxygen atoms in total. The molecule has 0 bridgehead atoms. The summed E-state index contributed by atoms with van der Waals surface area (Å²) in [7, 11) is 3.16. The molecule has 0 aliphatic heterocycles. The van der Waals surface area contributed by atoms with Gasteiger partial charge in [-0.1, -0.05) is 36.2 Å². The first-order chi connectivity index (χ1) is 11.9. The molecule has 0 fully saturated rings. The van der Waals surface area contributed by atoms with E-state index in [1.54, 1.807) is 32.4 Å². The van der Waals surface area contributed by atoms with Gasteiger partial charge >= 0.3 is 0 Å². The lowest BCUT2D eigenvalue weighted by atomic mass is 9.97. The van der Waals surface area contributed by atoms with Gasteiger partial charge in [0.2, 0.25) is 0 Å². The minimum Gasteiger partial charge on any atom is -0.493 e. The van der Waals surface area contributed by atoms with Gasteiger partial charge in [-0.25, -0.2) is 0 Å². The van der Waals surface area contributed by atoms with Gasteiger partial charge < -0.3 is 9.47 Å². The van der Waals surface area contributed by atoms with Crippen molar-refractivity contribution < 1.29 is 19.4 Å². The summed E-state index contributed by atoms with van der Waals surface area (Å²) < 4.78 is 11.9. The fraction of sp³-hybridized carbons (Fsp3) is 0.316. The SMILES string of the molecule is CCC[N+](O)=C(c1cc(OC)c(OC)cc1C)c1c(Cl)cccc1Cl. The molecule has 1 N–H and O–H groups in total. The minimum atomic E-state index is 0.435. The summed E-state index contributed by atoms with van der Waals surface area (Å²) in [6, 6.07) is 8.95. The molecule has 0 aliphatic carbocycles. The highest BCUT2D eigenvalue weighted by Gasteiger charge is 2.28. The largest absolute Gasteiger partial charge is 0.493 e. The first-order valence-electron chi connectivity index (χ1n) is 7.95. The van der Waals surface area contributed by atoms with Gasteiger partial charge in [-0.2, -0.15) is 0 Å². The topological polar surface area (TPSA) is 41.7 Å². The van der Waals surface area contributed by atoms with Gasteiger partial charge in [-0.15, -0.1) is 0 Å². The van der Waals surface area contributed by atoms with E-state index in [1.807, 2.05) is 26.0 Å². The zero-order chi connectivity index (χ0) is 18.6. The second-order valence-corrected chi connectivity index (χ2v) is 6.40. The van der Waals surface area contributed by atoms with Gasteiger partial charge in [0.25, 0.3) is 5.71 Å². The maximum atomic E-state index is 10.7. The van der Waals surface area contributed by atoms with Crippen molar-refractivity contribution in [2.24, 2.45) is 0 Å². The Bertz CT molecular complexity index is 783. The smallest absolute Gasteiger partial charge is 0.268 e. The lowest BCUT2D eigenvalue weighted by molar-refractivity contribution is -0.773. The second-order valence-electron chi connectivity index (χ2n) is 5.59. The number of hydrogen-bond donors (Lipinski definition) is 1. The quantitative estimate of drug-likeness (QED) is 0.332. The van der Waals surface area contributed by atoms with Crippen LogP contribution in [-0.4, -0.2) is 36.4 Å². The van der Waals surface area contributed by atoms with Crippen molar-refractivity contribution in [3.63, 3.8) is 0 Å². The highest BCUT2D eigenvalue weighted by molar-refractivity contribution is 6.41. The summed E-state index contributed by atoms with van der Waals surface area (Å²) in [4.78, 5) is 0. The van der Waals surface area contributed by atoms with Gasteiger partial charge in [0, 0.05) is 6.42 Å². The maximum absolute atomic E-state index is 10.7. The Morgan fingerprint density at radius 3 is 2.16 bits per heavy atom. The van der Waals surface area contributed by atoms with Crippen molar-refractivity contribution in [2.45, 2.75) is 20.3 Å². The normalized spacial score (nSPS) is 11.9. The molecule has 2 rings (SSSR count). The van der Waals surface area contributed by atoms with Crippen molar-refractivity contribution in [3.8, 4) is 11.5 Å². The molecule has 0 radical (unpaired) electrons. The van der Waals surface area contributed by atoms with Crippen LogP contribution in [-0.2, 0) is 0 Å². The van der Waals surface area contributed by atoms with Crippen molar-refractivity contribution in [2.75, 3.05) is 20.8 Å². The zero-order valence-corrected chi connectivity index (χ0v) is 16.3. The molecule has 6 heteroatoms. The first-order valence-corrected chi connectivity index (χ1v) is 8.70. The van der Waals surface area contributed by atoms with Gasteiger partial charge in [-0.05, 0) is 41.5 Å². The molecule has 0 spiro atoms. The van der Waals surface area contributed by atoms with E-state index in [-0.39, 0.29) is 0 Å². The molecule has 25 heavy (non-hydrogen) atoms. The predicted molar refractivity (Wildman–Crippen MR) is 101 cm³/mol. The fourth-order valence-corrected chi connectivity index (χ4v) is 3.26. The van der Waals surface area contributed by atoms with E-state index < -0.39 is 0 Å². The molecule has 134 valence electrons. The fourth-order valence-electron chi connectivity index (χ4n) is 2.69. The van der Waals surface area contributed by atoms with Crippen LogP contribution in [0, 0.1) is 6.92 Å². The van der Waals surface area contributed by atoms with E-state index in [9.17, 15) is 5.21 Å². The molecule has 0 aliphatic rings. The Morgan fingerprint density at radius 1 is 1.08 bits per heavy atom. The second kappa shape index (κ2) is 8.45. The van der Waals surface area contributed by atoms with Crippen molar-refractivity contribution in [1.29, 1.82) is 0 Å². The van der Waals surface area contributed by atoms with Crippen LogP contribution in [0.25, 0.3) is 0 Å². The summed E-state index contributed by atoms with van der Waals surface area (Å²) in [6.07, 6.45) is 0.758. The molecule has 0 atom stereocenters. The third-order valence-corrected chi connectivity index (χ3v) is 4.51. The highest BCUT2D eigenvalue weighted by Crippen LogP contribution is 2.34. The number of ether oxygens (including phenoxy) is 2. The molecule has 2 aromatic carbocycles. The van der Waals surface area contributed by atoms with Crippen LogP contribution in [0.4, 0.5) is 0 Å². The van der Waals surface area contributed by atoms with Crippen molar-refractivity contribution in [1.82, 2.24) is 0 Å². The number of aryl methyl sites for hydroxylation is 1. The Kier molecular flexibility index (Phi) is 6.57. The lowest BCUT2D eigenvalue weighted by Gasteiger charge is -2.14. The summed E-state index contributed by atoms with van der Waals surface area (Å²) in [5, 5.41) is 11.6. The van der Waals surface area contributed by atoms with E-state index in [0.29, 0.717) is 39.4 Å². The Labute approximate surface area is 158 Å². The lowest BCUT2D eigenvalue weighted by Crippen LogP contribution is -2.23. The van der Waals surface area contributed by atoms with E-state index in [0.717, 1.165) is 17.5 Å². The third kappa shape index (κ3) is 4.02. The third-order valence-electron chi connectivity index (χ3n) is 3.88. The molecular weight excluding hydrogens is 361 g/mol. The van der Waals surface area contributed by atoms with Crippen LogP contribution in [0.5, 0.6) is 11.5 Å². The Morgan fingerprint density at radius 2 is 1.64 bits per heavy atom. The van der Waals surface area contributed by atoms with Crippen molar-refractivity contribution >= 4 is 28.9 Å². The van der Waals surface area contributed by atoms with Gasteiger partial charge in [-0.3, -0.25) is 5.21 Å². The van der Waals surface area contributed by atoms with Crippen LogP contribution in [0.1, 0.15) is 30.0 Å². The summed E-state index contributed by atoms with van der Waals surface area (Å²) in [6.45, 7) is 4.35. The maximum Gasteiger partial charge on any atom is 0.268 e. The highest BCUT2D eigenvalue weighted by atomic mass is 35.5. The number of benzene rings is 2. The predicted octanol–water partition coefficient (Wildman–Crippen LogP) is 4.97. The van der Waals surface area contributed by atoms with Crippen LogP contribution in [0.15, 0.2) is 30.3 Å². The summed E-state index contributed by atoms with van der Waals surface area (Å²) >= 11 is 12.8. The minimum absolute atomic E-state index is 0.435. The van der Waals surface area contributed by atoms with Crippen LogP contribution in [0.3, 0.4) is 0 Å². The number of halogens is 2. The van der Waals surface area contributed by atoms with Crippen molar-refractivity contribution in [3.05, 3.63) is 57.1 Å². The molecule has 0 heterocycles.